The zero-order valence-electron chi connectivity index (χ0n) is 11.3. The lowest BCUT2D eigenvalue weighted by Crippen LogP contribution is -2.21. The SMILES string of the molecule is CCC(CC1CC1)Nc1cc2n[nH]c(=O)n2c(C)n1. The van der Waals surface area contributed by atoms with E-state index in [1.54, 1.807) is 0 Å². The first-order valence-electron chi connectivity index (χ1n) is 6.88. The van der Waals surface area contributed by atoms with Crippen molar-refractivity contribution in [2.75, 3.05) is 5.32 Å². The third kappa shape index (κ3) is 2.47. The molecule has 2 heterocycles. The van der Waals surface area contributed by atoms with Crippen LogP contribution in [0.5, 0.6) is 0 Å². The summed E-state index contributed by atoms with van der Waals surface area (Å²) in [5.41, 5.74) is 0.373. The van der Waals surface area contributed by atoms with Crippen LogP contribution in [-0.4, -0.2) is 25.6 Å². The van der Waals surface area contributed by atoms with Crippen LogP contribution in [0.2, 0.25) is 0 Å². The lowest BCUT2D eigenvalue weighted by atomic mass is 10.1. The van der Waals surface area contributed by atoms with Gasteiger partial charge in [0, 0.05) is 12.1 Å². The number of aromatic nitrogens is 4. The molecule has 6 nitrogen and oxygen atoms in total. The molecular weight excluding hydrogens is 242 g/mol. The Balaban J connectivity index is 1.85. The summed E-state index contributed by atoms with van der Waals surface area (Å²) in [7, 11) is 0. The van der Waals surface area contributed by atoms with Gasteiger partial charge in [-0.1, -0.05) is 19.8 Å². The maximum absolute atomic E-state index is 11.5. The van der Waals surface area contributed by atoms with E-state index in [4.69, 9.17) is 0 Å². The largest absolute Gasteiger partial charge is 0.367 e. The van der Waals surface area contributed by atoms with Gasteiger partial charge in [-0.25, -0.2) is 19.3 Å². The zero-order chi connectivity index (χ0) is 13.4. The molecule has 1 atom stereocenters. The number of aryl methyl sites for hydroxylation is 1. The molecule has 0 saturated heterocycles. The summed E-state index contributed by atoms with van der Waals surface area (Å²) >= 11 is 0. The van der Waals surface area contributed by atoms with Gasteiger partial charge in [0.2, 0.25) is 0 Å². The van der Waals surface area contributed by atoms with Crippen LogP contribution in [0.1, 0.15) is 38.4 Å². The van der Waals surface area contributed by atoms with E-state index < -0.39 is 0 Å². The van der Waals surface area contributed by atoms with Crippen molar-refractivity contribution in [1.29, 1.82) is 0 Å². The van der Waals surface area contributed by atoms with Crippen LogP contribution in [0, 0.1) is 12.8 Å². The fourth-order valence-electron chi connectivity index (χ4n) is 2.46. The molecule has 0 aromatic carbocycles. The van der Waals surface area contributed by atoms with Crippen LogP contribution in [0.15, 0.2) is 10.9 Å². The summed E-state index contributed by atoms with van der Waals surface area (Å²) in [5.74, 6) is 2.34. The van der Waals surface area contributed by atoms with Crippen molar-refractivity contribution in [3.05, 3.63) is 22.4 Å². The first-order valence-corrected chi connectivity index (χ1v) is 6.88. The van der Waals surface area contributed by atoms with E-state index in [0.29, 0.717) is 17.5 Å². The van der Waals surface area contributed by atoms with Gasteiger partial charge in [-0.15, -0.1) is 0 Å². The Hall–Kier alpha value is -1.85. The van der Waals surface area contributed by atoms with Crippen molar-refractivity contribution in [2.45, 2.75) is 45.6 Å². The summed E-state index contributed by atoms with van der Waals surface area (Å²) in [6.45, 7) is 4.00. The highest BCUT2D eigenvalue weighted by Crippen LogP contribution is 2.34. The molecule has 2 aromatic heterocycles. The molecule has 0 amide bonds. The van der Waals surface area contributed by atoms with Gasteiger partial charge < -0.3 is 5.32 Å². The van der Waals surface area contributed by atoms with Gasteiger partial charge >= 0.3 is 5.69 Å². The molecule has 1 saturated carbocycles. The monoisotopic (exact) mass is 261 g/mol. The lowest BCUT2D eigenvalue weighted by molar-refractivity contribution is 0.584. The molecule has 2 N–H and O–H groups in total. The summed E-state index contributed by atoms with van der Waals surface area (Å²) in [4.78, 5) is 16.0. The smallest absolute Gasteiger partial charge is 0.349 e. The molecule has 1 aliphatic rings. The van der Waals surface area contributed by atoms with Crippen LogP contribution in [-0.2, 0) is 0 Å². The number of H-pyrrole nitrogens is 1. The molecule has 102 valence electrons. The topological polar surface area (TPSA) is 75.1 Å². The Morgan fingerprint density at radius 3 is 3.05 bits per heavy atom. The highest BCUT2D eigenvalue weighted by Gasteiger charge is 2.25. The van der Waals surface area contributed by atoms with Gasteiger partial charge in [0.15, 0.2) is 5.65 Å². The second-order valence-corrected chi connectivity index (χ2v) is 5.34. The summed E-state index contributed by atoms with van der Waals surface area (Å²) in [5, 5.41) is 9.90. The van der Waals surface area contributed by atoms with E-state index in [0.717, 1.165) is 18.2 Å². The van der Waals surface area contributed by atoms with Gasteiger partial charge in [0.1, 0.15) is 11.6 Å². The van der Waals surface area contributed by atoms with Crippen LogP contribution in [0.25, 0.3) is 5.65 Å². The number of hydrogen-bond donors (Lipinski definition) is 2. The van der Waals surface area contributed by atoms with E-state index in [1.165, 1.54) is 23.7 Å². The minimum atomic E-state index is -0.239. The first-order chi connectivity index (χ1) is 9.17. The Kier molecular flexibility index (Phi) is 3.00. The minimum absolute atomic E-state index is 0.239. The van der Waals surface area contributed by atoms with Crippen molar-refractivity contribution < 1.29 is 0 Å². The highest BCUT2D eigenvalue weighted by molar-refractivity contribution is 5.50. The van der Waals surface area contributed by atoms with Gasteiger partial charge in [-0.2, -0.15) is 5.10 Å². The molecule has 6 heteroatoms. The predicted octanol–water partition coefficient (Wildman–Crippen LogP) is 1.72. The summed E-state index contributed by atoms with van der Waals surface area (Å²) in [6, 6.07) is 2.27. The third-order valence-electron chi connectivity index (χ3n) is 3.73. The van der Waals surface area contributed by atoms with Crippen molar-refractivity contribution in [3.8, 4) is 0 Å². The Morgan fingerprint density at radius 1 is 1.58 bits per heavy atom. The molecule has 19 heavy (non-hydrogen) atoms. The second-order valence-electron chi connectivity index (χ2n) is 5.34. The number of nitrogens with one attached hydrogen (secondary N) is 2. The predicted molar refractivity (Wildman–Crippen MR) is 73.4 cm³/mol. The Morgan fingerprint density at radius 2 is 2.37 bits per heavy atom. The van der Waals surface area contributed by atoms with Crippen LogP contribution >= 0.6 is 0 Å². The standard InChI is InChI=1S/C13H19N5O/c1-3-10(6-9-4-5-9)15-11-7-12-16-17-13(19)18(12)8(2)14-11/h7,9-10,15H,3-6H2,1-2H3,(H,17,19). The number of fused-ring (bicyclic) bond motifs is 1. The van der Waals surface area contributed by atoms with Crippen LogP contribution in [0.3, 0.4) is 0 Å². The molecular formula is C13H19N5O. The third-order valence-corrected chi connectivity index (χ3v) is 3.73. The number of hydrogen-bond acceptors (Lipinski definition) is 4. The van der Waals surface area contributed by atoms with Crippen LogP contribution < -0.4 is 11.0 Å². The number of aromatic amines is 1. The molecule has 2 aromatic rings. The molecule has 0 radical (unpaired) electrons. The van der Waals surface area contributed by atoms with E-state index in [9.17, 15) is 4.79 Å². The Labute approximate surface area is 111 Å². The maximum atomic E-state index is 11.5. The summed E-state index contributed by atoms with van der Waals surface area (Å²) in [6.07, 6.45) is 5.00. The highest BCUT2D eigenvalue weighted by atomic mass is 16.1. The fourth-order valence-corrected chi connectivity index (χ4v) is 2.46. The maximum Gasteiger partial charge on any atom is 0.349 e. The minimum Gasteiger partial charge on any atom is -0.367 e. The molecule has 1 unspecified atom stereocenters. The average Bonchev–Trinajstić information content (AvgIpc) is 3.11. The normalized spacial score (nSPS) is 16.7. The summed E-state index contributed by atoms with van der Waals surface area (Å²) < 4.78 is 1.48. The van der Waals surface area contributed by atoms with Crippen LogP contribution in [0.4, 0.5) is 5.82 Å². The van der Waals surface area contributed by atoms with E-state index in [2.05, 4.69) is 27.4 Å². The number of anilines is 1. The van der Waals surface area contributed by atoms with E-state index >= 15 is 0 Å². The van der Waals surface area contributed by atoms with Gasteiger partial charge in [-0.05, 0) is 25.7 Å². The van der Waals surface area contributed by atoms with Crippen molar-refractivity contribution in [1.82, 2.24) is 19.6 Å². The van der Waals surface area contributed by atoms with Gasteiger partial charge in [0.05, 0.1) is 0 Å². The zero-order valence-corrected chi connectivity index (χ0v) is 11.3. The van der Waals surface area contributed by atoms with E-state index in [-0.39, 0.29) is 5.69 Å². The quantitative estimate of drug-likeness (QED) is 0.859. The van der Waals surface area contributed by atoms with Crippen molar-refractivity contribution in [2.24, 2.45) is 5.92 Å². The number of nitrogens with zero attached hydrogens (tertiary/aromatic N) is 3. The molecule has 1 aliphatic carbocycles. The lowest BCUT2D eigenvalue weighted by Gasteiger charge is -2.17. The number of rotatable bonds is 5. The average molecular weight is 261 g/mol. The molecule has 3 rings (SSSR count). The first kappa shape index (κ1) is 12.2. The second kappa shape index (κ2) is 4.68. The molecule has 0 spiro atoms. The van der Waals surface area contributed by atoms with E-state index in [1.807, 2.05) is 13.0 Å². The van der Waals surface area contributed by atoms with Gasteiger partial charge in [0.25, 0.3) is 0 Å². The Bertz CT molecular complexity index is 640. The molecule has 0 bridgehead atoms. The van der Waals surface area contributed by atoms with Crippen molar-refractivity contribution >= 4 is 11.5 Å². The van der Waals surface area contributed by atoms with Crippen molar-refractivity contribution in [3.63, 3.8) is 0 Å². The fraction of sp³-hybridized carbons (Fsp3) is 0.615. The molecule has 1 fully saturated rings. The van der Waals surface area contributed by atoms with Gasteiger partial charge in [-0.3, -0.25) is 0 Å². The molecule has 0 aliphatic heterocycles.